The standard InChI is InChI=1S/C13H16N4O/c1-9-5-3-4-6-10(9)13(15-14)11-7-8-12(18-2)17-16-11/h3-8,13,15H,14H2,1-2H3. The number of nitrogens with two attached hydrogens (primary N) is 1. The number of ether oxygens (including phenoxy) is 1. The molecule has 1 heterocycles. The Hall–Kier alpha value is -1.98. The van der Waals surface area contributed by atoms with Crippen molar-refractivity contribution in [1.82, 2.24) is 15.6 Å². The summed E-state index contributed by atoms with van der Waals surface area (Å²) in [4.78, 5) is 0. The molecule has 0 spiro atoms. The highest BCUT2D eigenvalue weighted by Gasteiger charge is 2.16. The first-order valence-corrected chi connectivity index (χ1v) is 5.65. The summed E-state index contributed by atoms with van der Waals surface area (Å²) in [7, 11) is 1.56. The summed E-state index contributed by atoms with van der Waals surface area (Å²) in [5, 5.41) is 8.07. The van der Waals surface area contributed by atoms with Gasteiger partial charge in [0.2, 0.25) is 5.88 Å². The molecule has 0 aliphatic carbocycles. The number of hydrogen-bond donors (Lipinski definition) is 2. The van der Waals surface area contributed by atoms with Crippen LogP contribution in [0.25, 0.3) is 0 Å². The van der Waals surface area contributed by atoms with Crippen molar-refractivity contribution in [2.45, 2.75) is 13.0 Å². The van der Waals surface area contributed by atoms with Crippen molar-refractivity contribution in [2.24, 2.45) is 5.84 Å². The van der Waals surface area contributed by atoms with E-state index in [1.165, 1.54) is 0 Å². The highest BCUT2D eigenvalue weighted by Crippen LogP contribution is 2.22. The van der Waals surface area contributed by atoms with Crippen LogP contribution in [0, 0.1) is 6.92 Å². The number of methoxy groups -OCH3 is 1. The van der Waals surface area contributed by atoms with E-state index in [1.807, 2.05) is 37.3 Å². The maximum Gasteiger partial charge on any atom is 0.233 e. The number of rotatable bonds is 4. The van der Waals surface area contributed by atoms with Crippen LogP contribution in [0.1, 0.15) is 22.9 Å². The lowest BCUT2D eigenvalue weighted by Gasteiger charge is -2.17. The molecule has 5 heteroatoms. The highest BCUT2D eigenvalue weighted by molar-refractivity contribution is 5.34. The lowest BCUT2D eigenvalue weighted by molar-refractivity contribution is 0.390. The second-order valence-corrected chi connectivity index (χ2v) is 3.96. The maximum absolute atomic E-state index is 5.63. The van der Waals surface area contributed by atoms with Gasteiger partial charge in [0.1, 0.15) is 0 Å². The summed E-state index contributed by atoms with van der Waals surface area (Å²) in [5.41, 5.74) is 5.76. The average molecular weight is 244 g/mol. The molecule has 0 saturated heterocycles. The summed E-state index contributed by atoms with van der Waals surface area (Å²) in [6.07, 6.45) is 0. The van der Waals surface area contributed by atoms with Gasteiger partial charge in [-0.1, -0.05) is 24.3 Å². The van der Waals surface area contributed by atoms with E-state index >= 15 is 0 Å². The molecule has 0 fully saturated rings. The van der Waals surface area contributed by atoms with Gasteiger partial charge in [-0.2, -0.15) is 0 Å². The van der Waals surface area contributed by atoms with Crippen molar-refractivity contribution < 1.29 is 4.74 Å². The predicted octanol–water partition coefficient (Wildman–Crippen LogP) is 1.35. The first kappa shape index (κ1) is 12.5. The van der Waals surface area contributed by atoms with Gasteiger partial charge < -0.3 is 4.74 Å². The lowest BCUT2D eigenvalue weighted by atomic mass is 9.99. The molecule has 1 atom stereocenters. The van der Waals surface area contributed by atoms with Crippen LogP contribution in [-0.2, 0) is 0 Å². The summed E-state index contributed by atoms with van der Waals surface area (Å²) in [5.74, 6) is 6.11. The monoisotopic (exact) mass is 244 g/mol. The van der Waals surface area contributed by atoms with Gasteiger partial charge in [-0.25, -0.2) is 5.43 Å². The smallest absolute Gasteiger partial charge is 0.233 e. The SMILES string of the molecule is COc1ccc(C(NN)c2ccccc2C)nn1. The van der Waals surface area contributed by atoms with Crippen LogP contribution in [0.4, 0.5) is 0 Å². The van der Waals surface area contributed by atoms with Crippen molar-refractivity contribution in [1.29, 1.82) is 0 Å². The quantitative estimate of drug-likeness (QED) is 0.627. The second-order valence-electron chi connectivity index (χ2n) is 3.96. The summed E-state index contributed by atoms with van der Waals surface area (Å²) >= 11 is 0. The van der Waals surface area contributed by atoms with E-state index in [0.29, 0.717) is 5.88 Å². The molecule has 0 aliphatic rings. The van der Waals surface area contributed by atoms with Gasteiger partial charge in [0.25, 0.3) is 0 Å². The molecule has 94 valence electrons. The molecule has 2 rings (SSSR count). The molecule has 0 aliphatic heterocycles. The Morgan fingerprint density at radius 1 is 1.17 bits per heavy atom. The molecule has 1 unspecified atom stereocenters. The van der Waals surface area contributed by atoms with Crippen molar-refractivity contribution in [3.8, 4) is 5.88 Å². The van der Waals surface area contributed by atoms with Crippen LogP contribution in [0.15, 0.2) is 36.4 Å². The predicted molar refractivity (Wildman–Crippen MR) is 68.9 cm³/mol. The number of aromatic nitrogens is 2. The summed E-state index contributed by atoms with van der Waals surface area (Å²) < 4.78 is 4.99. The van der Waals surface area contributed by atoms with Crippen molar-refractivity contribution >= 4 is 0 Å². The normalized spacial score (nSPS) is 12.2. The van der Waals surface area contributed by atoms with Crippen LogP contribution >= 0.6 is 0 Å². The third-order valence-electron chi connectivity index (χ3n) is 2.83. The molecule has 5 nitrogen and oxygen atoms in total. The van der Waals surface area contributed by atoms with E-state index < -0.39 is 0 Å². The molecule has 0 radical (unpaired) electrons. The lowest BCUT2D eigenvalue weighted by Crippen LogP contribution is -2.30. The molecular formula is C13H16N4O. The first-order chi connectivity index (χ1) is 8.76. The van der Waals surface area contributed by atoms with E-state index in [9.17, 15) is 0 Å². The van der Waals surface area contributed by atoms with E-state index in [0.717, 1.165) is 16.8 Å². The molecule has 1 aromatic heterocycles. The molecule has 0 bridgehead atoms. The number of aryl methyl sites for hydroxylation is 1. The van der Waals surface area contributed by atoms with Crippen LogP contribution in [0.2, 0.25) is 0 Å². The van der Waals surface area contributed by atoms with E-state index in [2.05, 4.69) is 15.6 Å². The van der Waals surface area contributed by atoms with Crippen molar-refractivity contribution in [3.05, 3.63) is 53.2 Å². The molecule has 0 amide bonds. The summed E-state index contributed by atoms with van der Waals surface area (Å²) in [6, 6.07) is 11.5. The fraction of sp³-hybridized carbons (Fsp3) is 0.231. The zero-order valence-corrected chi connectivity index (χ0v) is 10.4. The van der Waals surface area contributed by atoms with Crippen LogP contribution < -0.4 is 16.0 Å². The largest absolute Gasteiger partial charge is 0.480 e. The second kappa shape index (κ2) is 5.57. The van der Waals surface area contributed by atoms with Gasteiger partial charge in [0.15, 0.2) is 0 Å². The molecule has 2 aromatic rings. The number of nitrogens with zero attached hydrogens (tertiary/aromatic N) is 2. The van der Waals surface area contributed by atoms with E-state index in [1.54, 1.807) is 13.2 Å². The Balaban J connectivity index is 2.36. The number of hydrazine groups is 1. The average Bonchev–Trinajstić information content (AvgIpc) is 2.42. The minimum Gasteiger partial charge on any atom is -0.480 e. The van der Waals surface area contributed by atoms with Crippen molar-refractivity contribution in [3.63, 3.8) is 0 Å². The van der Waals surface area contributed by atoms with Gasteiger partial charge in [0.05, 0.1) is 18.8 Å². The Morgan fingerprint density at radius 3 is 2.50 bits per heavy atom. The zero-order valence-electron chi connectivity index (χ0n) is 10.4. The van der Waals surface area contributed by atoms with Gasteiger partial charge >= 0.3 is 0 Å². The van der Waals surface area contributed by atoms with Crippen LogP contribution in [0.3, 0.4) is 0 Å². The number of benzene rings is 1. The zero-order chi connectivity index (χ0) is 13.0. The molecule has 3 N–H and O–H groups in total. The third-order valence-corrected chi connectivity index (χ3v) is 2.83. The maximum atomic E-state index is 5.63. The number of nitrogens with one attached hydrogen (secondary N) is 1. The van der Waals surface area contributed by atoms with Gasteiger partial charge in [-0.3, -0.25) is 5.84 Å². The molecule has 0 saturated carbocycles. The minimum absolute atomic E-state index is 0.176. The van der Waals surface area contributed by atoms with Crippen LogP contribution in [-0.4, -0.2) is 17.3 Å². The van der Waals surface area contributed by atoms with Gasteiger partial charge in [-0.15, -0.1) is 10.2 Å². The third kappa shape index (κ3) is 2.47. The molecule has 1 aromatic carbocycles. The Bertz CT molecular complexity index is 513. The molecule has 18 heavy (non-hydrogen) atoms. The Morgan fingerprint density at radius 2 is 1.94 bits per heavy atom. The topological polar surface area (TPSA) is 73.1 Å². The first-order valence-electron chi connectivity index (χ1n) is 5.65. The Labute approximate surface area is 106 Å². The fourth-order valence-electron chi connectivity index (χ4n) is 1.84. The molecular weight excluding hydrogens is 228 g/mol. The number of hydrogen-bond acceptors (Lipinski definition) is 5. The van der Waals surface area contributed by atoms with Gasteiger partial charge in [-0.05, 0) is 24.1 Å². The minimum atomic E-state index is -0.176. The van der Waals surface area contributed by atoms with E-state index in [-0.39, 0.29) is 6.04 Å². The summed E-state index contributed by atoms with van der Waals surface area (Å²) in [6.45, 7) is 2.04. The van der Waals surface area contributed by atoms with Crippen LogP contribution in [0.5, 0.6) is 5.88 Å². The van der Waals surface area contributed by atoms with E-state index in [4.69, 9.17) is 10.6 Å². The van der Waals surface area contributed by atoms with Crippen molar-refractivity contribution in [2.75, 3.05) is 7.11 Å². The fourth-order valence-corrected chi connectivity index (χ4v) is 1.84. The van der Waals surface area contributed by atoms with Gasteiger partial charge in [0, 0.05) is 6.07 Å². The highest BCUT2D eigenvalue weighted by atomic mass is 16.5. The Kier molecular flexibility index (Phi) is 3.86.